The Labute approximate surface area is 164 Å². The van der Waals surface area contributed by atoms with E-state index < -0.39 is 12.1 Å². The summed E-state index contributed by atoms with van der Waals surface area (Å²) >= 11 is 4.76. The summed E-state index contributed by atoms with van der Waals surface area (Å²) in [7, 11) is 0. The van der Waals surface area contributed by atoms with Crippen LogP contribution in [0.25, 0.3) is 0 Å². The summed E-state index contributed by atoms with van der Waals surface area (Å²) in [5.74, 6) is -0.0149. The number of nitrogens with two attached hydrogens (primary N) is 1. The molecule has 136 valence electrons. The number of carbonyl (C=O) groups excluding carboxylic acids is 2. The second kappa shape index (κ2) is 8.98. The standard InChI is InChI=1S/C18H19N3O2S3/c19-18(23)20-15(16-6-3-9-26-16)10-17(22)21(11-13-4-1-7-24-13)12-14-5-2-8-25-14/h1-9,15H,10-12H2,(H3,19,20,23). The summed E-state index contributed by atoms with van der Waals surface area (Å²) < 4.78 is 0. The molecule has 1 unspecified atom stereocenters. The molecule has 1 atom stereocenters. The lowest BCUT2D eigenvalue weighted by molar-refractivity contribution is -0.132. The van der Waals surface area contributed by atoms with Gasteiger partial charge in [-0.15, -0.1) is 34.0 Å². The van der Waals surface area contributed by atoms with Crippen LogP contribution in [0.1, 0.15) is 27.1 Å². The Morgan fingerprint density at radius 3 is 2.00 bits per heavy atom. The van der Waals surface area contributed by atoms with E-state index in [2.05, 4.69) is 5.32 Å². The topological polar surface area (TPSA) is 75.4 Å². The molecule has 26 heavy (non-hydrogen) atoms. The van der Waals surface area contributed by atoms with Gasteiger partial charge in [0.15, 0.2) is 0 Å². The van der Waals surface area contributed by atoms with Crippen molar-refractivity contribution in [2.75, 3.05) is 0 Å². The number of rotatable bonds is 8. The Kier molecular flexibility index (Phi) is 6.43. The fraction of sp³-hybridized carbons (Fsp3) is 0.222. The molecule has 0 aromatic carbocycles. The highest BCUT2D eigenvalue weighted by molar-refractivity contribution is 7.10. The van der Waals surface area contributed by atoms with Crippen molar-refractivity contribution in [1.82, 2.24) is 10.2 Å². The first-order chi connectivity index (χ1) is 12.6. The number of amides is 3. The molecule has 3 heterocycles. The first-order valence-electron chi connectivity index (χ1n) is 8.03. The number of nitrogens with zero attached hydrogens (tertiary/aromatic N) is 1. The Morgan fingerprint density at radius 2 is 1.54 bits per heavy atom. The lowest BCUT2D eigenvalue weighted by Crippen LogP contribution is -2.37. The molecule has 3 aromatic heterocycles. The van der Waals surface area contributed by atoms with E-state index in [1.54, 1.807) is 22.7 Å². The van der Waals surface area contributed by atoms with E-state index in [1.165, 1.54) is 11.3 Å². The normalized spacial score (nSPS) is 11.8. The molecule has 0 radical (unpaired) electrons. The maximum atomic E-state index is 13.0. The van der Waals surface area contributed by atoms with E-state index >= 15 is 0 Å². The number of nitrogens with one attached hydrogen (secondary N) is 1. The van der Waals surface area contributed by atoms with Crippen LogP contribution in [0.4, 0.5) is 4.79 Å². The van der Waals surface area contributed by atoms with Gasteiger partial charge in [-0.3, -0.25) is 4.79 Å². The van der Waals surface area contributed by atoms with E-state index in [4.69, 9.17) is 5.73 Å². The van der Waals surface area contributed by atoms with Crippen LogP contribution in [0.3, 0.4) is 0 Å². The summed E-state index contributed by atoms with van der Waals surface area (Å²) in [6.07, 6.45) is 0.181. The van der Waals surface area contributed by atoms with Gasteiger partial charge in [0.05, 0.1) is 25.6 Å². The predicted molar refractivity (Wildman–Crippen MR) is 107 cm³/mol. The SMILES string of the molecule is NC(=O)NC(CC(=O)N(Cc1cccs1)Cc1cccs1)c1cccs1. The van der Waals surface area contributed by atoms with Gasteiger partial charge in [-0.05, 0) is 34.3 Å². The average Bonchev–Trinajstić information content (AvgIpc) is 3.36. The zero-order valence-corrected chi connectivity index (χ0v) is 16.4. The smallest absolute Gasteiger partial charge is 0.312 e. The van der Waals surface area contributed by atoms with Crippen LogP contribution in [-0.2, 0) is 17.9 Å². The van der Waals surface area contributed by atoms with Gasteiger partial charge < -0.3 is 16.0 Å². The molecular formula is C18H19N3O2S3. The fourth-order valence-electron chi connectivity index (χ4n) is 2.60. The van der Waals surface area contributed by atoms with Crippen molar-refractivity contribution in [1.29, 1.82) is 0 Å². The number of carbonyl (C=O) groups is 2. The molecule has 0 bridgehead atoms. The summed E-state index contributed by atoms with van der Waals surface area (Å²) in [6.45, 7) is 1.12. The second-order valence-corrected chi connectivity index (χ2v) is 8.73. The van der Waals surface area contributed by atoms with Crippen molar-refractivity contribution in [2.45, 2.75) is 25.6 Å². The van der Waals surface area contributed by atoms with Crippen molar-refractivity contribution in [3.8, 4) is 0 Å². The van der Waals surface area contributed by atoms with Crippen LogP contribution < -0.4 is 11.1 Å². The highest BCUT2D eigenvalue weighted by Crippen LogP contribution is 2.25. The monoisotopic (exact) mass is 405 g/mol. The van der Waals surface area contributed by atoms with E-state index in [-0.39, 0.29) is 12.3 Å². The van der Waals surface area contributed by atoms with Crippen molar-refractivity contribution >= 4 is 45.9 Å². The summed E-state index contributed by atoms with van der Waals surface area (Å²) in [6, 6.07) is 10.8. The summed E-state index contributed by atoms with van der Waals surface area (Å²) in [5, 5.41) is 8.63. The molecule has 3 amide bonds. The van der Waals surface area contributed by atoms with E-state index in [0.717, 1.165) is 14.6 Å². The van der Waals surface area contributed by atoms with Crippen LogP contribution in [0, 0.1) is 0 Å². The molecule has 5 nitrogen and oxygen atoms in total. The Morgan fingerprint density at radius 1 is 0.962 bits per heavy atom. The summed E-state index contributed by atoms with van der Waals surface area (Å²) in [4.78, 5) is 29.4. The minimum atomic E-state index is -0.626. The quantitative estimate of drug-likeness (QED) is 0.589. The van der Waals surface area contributed by atoms with Gasteiger partial charge in [-0.1, -0.05) is 18.2 Å². The molecule has 0 aliphatic carbocycles. The first kappa shape index (κ1) is 18.6. The third-order valence-corrected chi connectivity index (χ3v) is 6.50. The Balaban J connectivity index is 1.75. The molecule has 0 aliphatic heterocycles. The van der Waals surface area contributed by atoms with Crippen LogP contribution in [-0.4, -0.2) is 16.8 Å². The van der Waals surface area contributed by atoms with Crippen LogP contribution >= 0.6 is 34.0 Å². The van der Waals surface area contributed by atoms with E-state index in [0.29, 0.717) is 13.1 Å². The van der Waals surface area contributed by atoms with Gasteiger partial charge in [0.2, 0.25) is 5.91 Å². The molecule has 0 fully saturated rings. The van der Waals surface area contributed by atoms with E-state index in [1.807, 2.05) is 57.4 Å². The molecule has 3 aromatic rings. The predicted octanol–water partition coefficient (Wildman–Crippen LogP) is 4.20. The molecule has 0 aliphatic rings. The number of thiophene rings is 3. The maximum absolute atomic E-state index is 13.0. The average molecular weight is 406 g/mol. The van der Waals surface area contributed by atoms with Gasteiger partial charge in [0.1, 0.15) is 0 Å². The minimum Gasteiger partial charge on any atom is -0.352 e. The van der Waals surface area contributed by atoms with Crippen molar-refractivity contribution < 1.29 is 9.59 Å². The first-order valence-corrected chi connectivity index (χ1v) is 10.7. The molecule has 0 spiro atoms. The fourth-order valence-corrected chi connectivity index (χ4v) is 4.82. The lowest BCUT2D eigenvalue weighted by Gasteiger charge is -2.24. The Hall–Kier alpha value is -2.16. The van der Waals surface area contributed by atoms with Gasteiger partial charge >= 0.3 is 6.03 Å². The summed E-state index contributed by atoms with van der Waals surface area (Å²) in [5.41, 5.74) is 5.30. The minimum absolute atomic E-state index is 0.0149. The molecular weight excluding hydrogens is 386 g/mol. The number of primary amides is 1. The zero-order chi connectivity index (χ0) is 18.4. The van der Waals surface area contributed by atoms with Gasteiger partial charge in [-0.25, -0.2) is 4.79 Å². The lowest BCUT2D eigenvalue weighted by atomic mass is 10.1. The zero-order valence-electron chi connectivity index (χ0n) is 14.0. The van der Waals surface area contributed by atoms with Crippen LogP contribution in [0.15, 0.2) is 52.5 Å². The Bertz CT molecular complexity index is 778. The van der Waals surface area contributed by atoms with Crippen molar-refractivity contribution in [3.05, 3.63) is 67.2 Å². The van der Waals surface area contributed by atoms with Gasteiger partial charge in [0.25, 0.3) is 0 Å². The third-order valence-electron chi connectivity index (χ3n) is 3.79. The molecule has 3 rings (SSSR count). The second-order valence-electron chi connectivity index (χ2n) is 5.69. The number of hydrogen-bond acceptors (Lipinski definition) is 5. The van der Waals surface area contributed by atoms with Crippen LogP contribution in [0.5, 0.6) is 0 Å². The molecule has 3 N–H and O–H groups in total. The van der Waals surface area contributed by atoms with Crippen LogP contribution in [0.2, 0.25) is 0 Å². The van der Waals surface area contributed by atoms with Gasteiger partial charge in [-0.2, -0.15) is 0 Å². The highest BCUT2D eigenvalue weighted by Gasteiger charge is 2.23. The third kappa shape index (κ3) is 5.17. The molecule has 8 heteroatoms. The van der Waals surface area contributed by atoms with Crippen molar-refractivity contribution in [2.24, 2.45) is 5.73 Å². The number of hydrogen-bond donors (Lipinski definition) is 2. The highest BCUT2D eigenvalue weighted by atomic mass is 32.1. The number of urea groups is 1. The van der Waals surface area contributed by atoms with Crippen molar-refractivity contribution in [3.63, 3.8) is 0 Å². The molecule has 0 saturated heterocycles. The molecule has 0 saturated carbocycles. The largest absolute Gasteiger partial charge is 0.352 e. The van der Waals surface area contributed by atoms with Gasteiger partial charge in [0, 0.05) is 14.6 Å². The van der Waals surface area contributed by atoms with E-state index in [9.17, 15) is 9.59 Å². The maximum Gasteiger partial charge on any atom is 0.312 e.